The second-order valence-corrected chi connectivity index (χ2v) is 6.35. The van der Waals surface area contributed by atoms with E-state index in [1.165, 1.54) is 50.8 Å². The molecule has 3 nitrogen and oxygen atoms in total. The lowest BCUT2D eigenvalue weighted by molar-refractivity contribution is 0.0366. The summed E-state index contributed by atoms with van der Waals surface area (Å²) in [5, 5.41) is 8.88. The monoisotopic (exact) mass is 273 g/mol. The van der Waals surface area contributed by atoms with Gasteiger partial charge < -0.3 is 5.11 Å². The van der Waals surface area contributed by atoms with Gasteiger partial charge in [-0.15, -0.1) is 0 Å². The van der Waals surface area contributed by atoms with Crippen LogP contribution in [0.2, 0.25) is 0 Å². The Morgan fingerprint density at radius 2 is 1.70 bits per heavy atom. The van der Waals surface area contributed by atoms with Gasteiger partial charge in [-0.05, 0) is 29.5 Å². The molecular formula is C17H23NO2. The minimum atomic E-state index is -0.849. The molecule has 1 aromatic carbocycles. The zero-order valence-corrected chi connectivity index (χ0v) is 11.9. The molecule has 108 valence electrons. The molecule has 0 radical (unpaired) electrons. The highest BCUT2D eigenvalue weighted by molar-refractivity contribution is 5.87. The lowest BCUT2D eigenvalue weighted by atomic mass is 9.76. The second-order valence-electron chi connectivity index (χ2n) is 6.35. The number of carboxylic acids is 1. The van der Waals surface area contributed by atoms with Gasteiger partial charge in [0.05, 0.1) is 5.56 Å². The first-order valence-corrected chi connectivity index (χ1v) is 7.77. The first kappa shape index (κ1) is 13.6. The molecule has 0 spiro atoms. The highest BCUT2D eigenvalue weighted by Crippen LogP contribution is 2.35. The van der Waals surface area contributed by atoms with E-state index in [9.17, 15) is 4.79 Å². The third kappa shape index (κ3) is 3.04. The van der Waals surface area contributed by atoms with Gasteiger partial charge in [-0.3, -0.25) is 4.90 Å². The van der Waals surface area contributed by atoms with E-state index in [4.69, 9.17) is 5.11 Å². The van der Waals surface area contributed by atoms with Crippen molar-refractivity contribution in [2.24, 2.45) is 11.8 Å². The molecule has 2 fully saturated rings. The van der Waals surface area contributed by atoms with Crippen molar-refractivity contribution in [3.63, 3.8) is 0 Å². The van der Waals surface area contributed by atoms with Crippen molar-refractivity contribution < 1.29 is 9.90 Å². The average molecular weight is 273 g/mol. The van der Waals surface area contributed by atoms with E-state index in [0.29, 0.717) is 5.56 Å². The quantitative estimate of drug-likeness (QED) is 0.914. The third-order valence-corrected chi connectivity index (χ3v) is 4.91. The topological polar surface area (TPSA) is 40.5 Å². The van der Waals surface area contributed by atoms with Crippen LogP contribution in [0.25, 0.3) is 0 Å². The molecule has 3 rings (SSSR count). The fourth-order valence-electron chi connectivity index (χ4n) is 3.65. The van der Waals surface area contributed by atoms with Crippen molar-refractivity contribution in [1.29, 1.82) is 0 Å². The van der Waals surface area contributed by atoms with Crippen molar-refractivity contribution in [2.75, 3.05) is 13.1 Å². The van der Waals surface area contributed by atoms with Gasteiger partial charge in [0.15, 0.2) is 0 Å². The Labute approximate surface area is 120 Å². The number of carbonyl (C=O) groups is 1. The van der Waals surface area contributed by atoms with Crippen LogP contribution in [0.15, 0.2) is 24.3 Å². The largest absolute Gasteiger partial charge is 0.478 e. The van der Waals surface area contributed by atoms with Gasteiger partial charge in [0.1, 0.15) is 0 Å². The molecule has 1 N–H and O–H groups in total. The van der Waals surface area contributed by atoms with E-state index < -0.39 is 5.97 Å². The van der Waals surface area contributed by atoms with Gasteiger partial charge in [-0.2, -0.15) is 0 Å². The molecule has 20 heavy (non-hydrogen) atoms. The van der Waals surface area contributed by atoms with Gasteiger partial charge in [0.2, 0.25) is 0 Å². The highest BCUT2D eigenvalue weighted by atomic mass is 16.4. The smallest absolute Gasteiger partial charge is 0.335 e. The molecule has 1 aromatic rings. The summed E-state index contributed by atoms with van der Waals surface area (Å²) in [6.45, 7) is 3.42. The molecule has 3 heteroatoms. The minimum Gasteiger partial charge on any atom is -0.478 e. The molecule has 0 amide bonds. The third-order valence-electron chi connectivity index (χ3n) is 4.91. The van der Waals surface area contributed by atoms with Crippen LogP contribution in [0.4, 0.5) is 0 Å². The maximum Gasteiger partial charge on any atom is 0.335 e. The molecule has 2 aliphatic rings. The number of hydrogen-bond donors (Lipinski definition) is 1. The molecular weight excluding hydrogens is 250 g/mol. The molecule has 1 aliphatic carbocycles. The summed E-state index contributed by atoms with van der Waals surface area (Å²) in [6.07, 6.45) is 7.16. The van der Waals surface area contributed by atoms with Crippen molar-refractivity contribution in [1.82, 2.24) is 4.90 Å². The van der Waals surface area contributed by atoms with Gasteiger partial charge in [0, 0.05) is 19.6 Å². The Morgan fingerprint density at radius 3 is 2.30 bits per heavy atom. The van der Waals surface area contributed by atoms with Gasteiger partial charge >= 0.3 is 5.97 Å². The Morgan fingerprint density at radius 1 is 1.05 bits per heavy atom. The normalized spacial score (nSPS) is 21.6. The van der Waals surface area contributed by atoms with Crippen molar-refractivity contribution >= 4 is 5.97 Å². The fraction of sp³-hybridized carbons (Fsp3) is 0.588. The van der Waals surface area contributed by atoms with E-state index in [0.717, 1.165) is 18.4 Å². The molecule has 0 unspecified atom stereocenters. The molecule has 1 saturated carbocycles. The summed E-state index contributed by atoms with van der Waals surface area (Å²) in [7, 11) is 0. The van der Waals surface area contributed by atoms with E-state index in [-0.39, 0.29) is 0 Å². The zero-order chi connectivity index (χ0) is 13.9. The second kappa shape index (κ2) is 5.96. The van der Waals surface area contributed by atoms with E-state index in [1.54, 1.807) is 12.1 Å². The highest BCUT2D eigenvalue weighted by Gasteiger charge is 2.33. The Balaban J connectivity index is 1.47. The number of hydrogen-bond acceptors (Lipinski definition) is 2. The van der Waals surface area contributed by atoms with Crippen LogP contribution in [-0.2, 0) is 6.54 Å². The summed E-state index contributed by atoms with van der Waals surface area (Å²) < 4.78 is 0. The fourth-order valence-corrected chi connectivity index (χ4v) is 3.65. The molecule has 0 bridgehead atoms. The summed E-state index contributed by atoms with van der Waals surface area (Å²) in [5.41, 5.74) is 1.59. The Bertz CT molecular complexity index is 456. The summed E-state index contributed by atoms with van der Waals surface area (Å²) in [6, 6.07) is 7.29. The zero-order valence-electron chi connectivity index (χ0n) is 11.9. The molecule has 1 saturated heterocycles. The van der Waals surface area contributed by atoms with Crippen LogP contribution in [0.1, 0.15) is 48.0 Å². The predicted octanol–water partition coefficient (Wildman–Crippen LogP) is 3.40. The van der Waals surface area contributed by atoms with Gasteiger partial charge in [0.25, 0.3) is 0 Å². The lowest BCUT2D eigenvalue weighted by Gasteiger charge is -2.44. The number of benzene rings is 1. The van der Waals surface area contributed by atoms with Gasteiger partial charge in [-0.1, -0.05) is 44.2 Å². The first-order chi connectivity index (χ1) is 9.72. The number of aromatic carboxylic acids is 1. The van der Waals surface area contributed by atoms with E-state index >= 15 is 0 Å². The minimum absolute atomic E-state index is 0.373. The van der Waals surface area contributed by atoms with Crippen LogP contribution in [0, 0.1) is 11.8 Å². The number of rotatable bonds is 4. The van der Waals surface area contributed by atoms with Crippen molar-refractivity contribution in [3.05, 3.63) is 35.4 Å². The number of nitrogens with zero attached hydrogens (tertiary/aromatic N) is 1. The van der Waals surface area contributed by atoms with E-state index in [2.05, 4.69) is 4.90 Å². The number of likely N-dealkylation sites (tertiary alicyclic amines) is 1. The van der Waals surface area contributed by atoms with Crippen molar-refractivity contribution in [2.45, 2.75) is 38.6 Å². The van der Waals surface area contributed by atoms with Crippen LogP contribution < -0.4 is 0 Å². The lowest BCUT2D eigenvalue weighted by Crippen LogP contribution is -2.49. The Kier molecular flexibility index (Phi) is 4.06. The van der Waals surface area contributed by atoms with Crippen LogP contribution in [0.5, 0.6) is 0 Å². The van der Waals surface area contributed by atoms with E-state index in [1.807, 2.05) is 12.1 Å². The molecule has 1 heterocycles. The maximum absolute atomic E-state index is 10.8. The predicted molar refractivity (Wildman–Crippen MR) is 78.7 cm³/mol. The number of carboxylic acid groups (broad SMARTS) is 1. The molecule has 0 atom stereocenters. The van der Waals surface area contributed by atoms with Crippen molar-refractivity contribution in [3.8, 4) is 0 Å². The standard InChI is InChI=1S/C17H23NO2/c19-17(20)15-8-6-13(7-9-15)10-18-11-16(12-18)14-4-2-1-3-5-14/h6-9,14,16H,1-5,10-12H2,(H,19,20). The molecule has 0 aromatic heterocycles. The van der Waals surface area contributed by atoms with Crippen LogP contribution >= 0.6 is 0 Å². The molecule has 1 aliphatic heterocycles. The van der Waals surface area contributed by atoms with Crippen LogP contribution in [0.3, 0.4) is 0 Å². The average Bonchev–Trinajstić information content (AvgIpc) is 2.44. The summed E-state index contributed by atoms with van der Waals surface area (Å²) in [4.78, 5) is 13.3. The van der Waals surface area contributed by atoms with Crippen LogP contribution in [-0.4, -0.2) is 29.1 Å². The maximum atomic E-state index is 10.8. The summed E-state index contributed by atoms with van der Waals surface area (Å²) in [5.74, 6) is 1.03. The summed E-state index contributed by atoms with van der Waals surface area (Å²) >= 11 is 0. The first-order valence-electron chi connectivity index (χ1n) is 7.77. The van der Waals surface area contributed by atoms with Gasteiger partial charge in [-0.25, -0.2) is 4.79 Å². The SMILES string of the molecule is O=C(O)c1ccc(CN2CC(C3CCCCC3)C2)cc1. The Hall–Kier alpha value is -1.35.